The molecule has 3 heterocycles. The molecule has 0 atom stereocenters. The van der Waals surface area contributed by atoms with Gasteiger partial charge in [0.25, 0.3) is 0 Å². The van der Waals surface area contributed by atoms with Gasteiger partial charge in [0, 0.05) is 21.7 Å². The molecule has 0 aliphatic carbocycles. The Morgan fingerprint density at radius 3 is 2.06 bits per heavy atom. The number of methoxy groups -OCH3 is 2. The zero-order chi connectivity index (χ0) is 25.7. The van der Waals surface area contributed by atoms with Crippen LogP contribution in [0.3, 0.4) is 0 Å². The van der Waals surface area contributed by atoms with Gasteiger partial charge in [-0.2, -0.15) is 0 Å². The molecule has 1 N–H and O–H groups in total. The average Bonchev–Trinajstić information content (AvgIpc) is 3.19. The molecule has 4 rings (SSSR count). The standard InChI is InChI=1S/C25H27NO6S3/c1-8-32-21(27)16-11-25(34-18(22(28)30-6)19(35-25)23(29)31-7)17-14-9-12(2)13(3)10-15(14)26-24(4,5)20(17)33-16/h9-11,26H,8H2,1-7H3. The van der Waals surface area contributed by atoms with Crippen LogP contribution >= 0.6 is 35.3 Å². The molecule has 10 heteroatoms. The Kier molecular flexibility index (Phi) is 6.85. The van der Waals surface area contributed by atoms with E-state index in [4.69, 9.17) is 14.2 Å². The van der Waals surface area contributed by atoms with Crippen LogP contribution in [0.4, 0.5) is 5.69 Å². The second-order valence-electron chi connectivity index (χ2n) is 8.78. The van der Waals surface area contributed by atoms with Gasteiger partial charge in [0.15, 0.2) is 0 Å². The molecule has 0 bridgehead atoms. The van der Waals surface area contributed by atoms with Crippen molar-refractivity contribution < 1.29 is 28.6 Å². The lowest BCUT2D eigenvalue weighted by Crippen LogP contribution is -2.41. The van der Waals surface area contributed by atoms with Gasteiger partial charge in [-0.05, 0) is 64.0 Å². The number of fused-ring (bicyclic) bond motifs is 3. The molecule has 0 saturated carbocycles. The van der Waals surface area contributed by atoms with E-state index in [9.17, 15) is 14.4 Å². The number of benzene rings is 1. The Hall–Kier alpha value is -2.30. The van der Waals surface area contributed by atoms with E-state index in [2.05, 4.69) is 38.2 Å². The van der Waals surface area contributed by atoms with Crippen LogP contribution in [0, 0.1) is 13.8 Å². The van der Waals surface area contributed by atoms with Crippen LogP contribution in [-0.4, -0.2) is 48.4 Å². The first-order valence-corrected chi connectivity index (χ1v) is 13.4. The monoisotopic (exact) mass is 533 g/mol. The van der Waals surface area contributed by atoms with E-state index < -0.39 is 27.5 Å². The molecule has 0 fully saturated rings. The molecule has 3 aliphatic rings. The molecule has 7 nitrogen and oxygen atoms in total. The topological polar surface area (TPSA) is 90.9 Å². The zero-order valence-corrected chi connectivity index (χ0v) is 23.1. The van der Waals surface area contributed by atoms with Crippen molar-refractivity contribution in [1.82, 2.24) is 0 Å². The molecule has 1 aromatic carbocycles. The molecular weight excluding hydrogens is 506 g/mol. The van der Waals surface area contributed by atoms with Gasteiger partial charge in [-0.25, -0.2) is 14.4 Å². The largest absolute Gasteiger partial charge is 0.465 e. The molecule has 0 radical (unpaired) electrons. The molecule has 0 saturated heterocycles. The lowest BCUT2D eigenvalue weighted by atomic mass is 9.86. The van der Waals surface area contributed by atoms with Crippen molar-refractivity contribution in [1.29, 1.82) is 0 Å². The van der Waals surface area contributed by atoms with Crippen LogP contribution < -0.4 is 5.32 Å². The van der Waals surface area contributed by atoms with Crippen molar-refractivity contribution >= 4 is 64.5 Å². The summed E-state index contributed by atoms with van der Waals surface area (Å²) in [7, 11) is 2.55. The molecule has 0 unspecified atom stereocenters. The van der Waals surface area contributed by atoms with E-state index in [1.807, 2.05) is 13.0 Å². The van der Waals surface area contributed by atoms with Crippen molar-refractivity contribution in [3.63, 3.8) is 0 Å². The summed E-state index contributed by atoms with van der Waals surface area (Å²) < 4.78 is 14.4. The number of hydrogen-bond acceptors (Lipinski definition) is 10. The third-order valence-electron chi connectivity index (χ3n) is 5.96. The van der Waals surface area contributed by atoms with Crippen LogP contribution in [0.5, 0.6) is 0 Å². The quantitative estimate of drug-likeness (QED) is 0.414. The van der Waals surface area contributed by atoms with E-state index in [1.54, 1.807) is 6.92 Å². The maximum Gasteiger partial charge on any atom is 0.345 e. The first kappa shape index (κ1) is 25.8. The third kappa shape index (κ3) is 4.29. The fourth-order valence-electron chi connectivity index (χ4n) is 4.20. The second-order valence-corrected chi connectivity index (χ2v) is 12.6. The number of ether oxygens (including phenoxy) is 3. The Morgan fingerprint density at radius 1 is 0.943 bits per heavy atom. The number of aryl methyl sites for hydroxylation is 2. The van der Waals surface area contributed by atoms with Gasteiger partial charge in [0.05, 0.1) is 31.3 Å². The summed E-state index contributed by atoms with van der Waals surface area (Å²) in [6, 6.07) is 4.22. The normalized spacial score (nSPS) is 19.5. The summed E-state index contributed by atoms with van der Waals surface area (Å²) in [5.41, 5.74) is 4.58. The van der Waals surface area contributed by atoms with Crippen LogP contribution in [-0.2, 0) is 28.6 Å². The predicted octanol–water partition coefficient (Wildman–Crippen LogP) is 5.15. The van der Waals surface area contributed by atoms with Gasteiger partial charge in [-0.15, -0.1) is 0 Å². The lowest BCUT2D eigenvalue weighted by Gasteiger charge is -2.45. The highest BCUT2D eigenvalue weighted by Gasteiger charge is 2.54. The Balaban J connectivity index is 2.00. The second kappa shape index (κ2) is 9.29. The SMILES string of the molecule is CCOC(=O)C1=CC2(SC(C(=O)OC)=C(C(=O)OC)S2)C2=C(S1)C(C)(C)Nc1cc(C)c(C)cc12. The number of anilines is 1. The number of esters is 3. The molecule has 1 aromatic rings. The minimum atomic E-state index is -0.981. The van der Waals surface area contributed by atoms with Gasteiger partial charge in [0.1, 0.15) is 13.9 Å². The summed E-state index contributed by atoms with van der Waals surface area (Å²) in [5, 5.41) is 3.62. The van der Waals surface area contributed by atoms with E-state index >= 15 is 0 Å². The number of rotatable bonds is 4. The average molecular weight is 534 g/mol. The molecule has 35 heavy (non-hydrogen) atoms. The van der Waals surface area contributed by atoms with E-state index in [-0.39, 0.29) is 16.4 Å². The predicted molar refractivity (Wildman–Crippen MR) is 142 cm³/mol. The van der Waals surface area contributed by atoms with E-state index in [0.29, 0.717) is 4.91 Å². The van der Waals surface area contributed by atoms with Crippen molar-refractivity contribution in [3.05, 3.63) is 54.5 Å². The molecule has 1 spiro atoms. The smallest absolute Gasteiger partial charge is 0.345 e. The van der Waals surface area contributed by atoms with Crippen molar-refractivity contribution in [3.8, 4) is 0 Å². The minimum absolute atomic E-state index is 0.157. The van der Waals surface area contributed by atoms with Crippen LogP contribution in [0.1, 0.15) is 37.5 Å². The van der Waals surface area contributed by atoms with Gasteiger partial charge in [0.2, 0.25) is 0 Å². The number of thioether (sulfide) groups is 3. The summed E-state index contributed by atoms with van der Waals surface area (Å²) in [5.74, 6) is -1.70. The highest BCUT2D eigenvalue weighted by molar-refractivity contribution is 8.26. The van der Waals surface area contributed by atoms with Gasteiger partial charge >= 0.3 is 17.9 Å². The molecule has 0 aromatic heterocycles. The van der Waals surface area contributed by atoms with Crippen molar-refractivity contribution in [2.75, 3.05) is 26.1 Å². The fraction of sp³-hybridized carbons (Fsp3) is 0.400. The molecule has 186 valence electrons. The molecule has 3 aliphatic heterocycles. The first-order chi connectivity index (χ1) is 16.5. The number of carbonyl (C=O) groups is 3. The van der Waals surface area contributed by atoms with Gasteiger partial charge in [-0.1, -0.05) is 35.3 Å². The Bertz CT molecular complexity index is 1220. The maximum atomic E-state index is 12.9. The number of hydrogen-bond donors (Lipinski definition) is 1. The number of nitrogens with one attached hydrogen (secondary N) is 1. The summed E-state index contributed by atoms with van der Waals surface area (Å²) >= 11 is 3.77. The van der Waals surface area contributed by atoms with E-state index in [0.717, 1.165) is 32.9 Å². The van der Waals surface area contributed by atoms with Crippen LogP contribution in [0.15, 0.2) is 37.8 Å². The van der Waals surface area contributed by atoms with Crippen LogP contribution in [0.25, 0.3) is 5.57 Å². The third-order valence-corrected chi connectivity index (χ3v) is 10.4. The van der Waals surface area contributed by atoms with Crippen molar-refractivity contribution in [2.45, 2.75) is 44.2 Å². The van der Waals surface area contributed by atoms with Crippen molar-refractivity contribution in [2.24, 2.45) is 0 Å². The molecule has 0 amide bonds. The van der Waals surface area contributed by atoms with Crippen LogP contribution in [0.2, 0.25) is 0 Å². The lowest BCUT2D eigenvalue weighted by molar-refractivity contribution is -0.138. The summed E-state index contributed by atoms with van der Waals surface area (Å²) in [6.45, 7) is 10.2. The Morgan fingerprint density at radius 2 is 1.51 bits per heavy atom. The zero-order valence-electron chi connectivity index (χ0n) is 20.6. The highest BCUT2D eigenvalue weighted by Crippen LogP contribution is 2.68. The first-order valence-electron chi connectivity index (χ1n) is 11.0. The Labute approximate surface area is 217 Å². The van der Waals surface area contributed by atoms with Gasteiger partial charge in [-0.3, -0.25) is 0 Å². The summed E-state index contributed by atoms with van der Waals surface area (Å²) in [6.07, 6.45) is 1.81. The minimum Gasteiger partial charge on any atom is -0.465 e. The molecular formula is C25H27NO6S3. The van der Waals surface area contributed by atoms with E-state index in [1.165, 1.54) is 49.5 Å². The maximum absolute atomic E-state index is 12.9. The van der Waals surface area contributed by atoms with Gasteiger partial charge < -0.3 is 19.5 Å². The fourth-order valence-corrected chi connectivity index (χ4v) is 8.94. The highest BCUT2D eigenvalue weighted by atomic mass is 32.2. The summed E-state index contributed by atoms with van der Waals surface area (Å²) in [4.78, 5) is 40.1. The number of carbonyl (C=O) groups excluding carboxylic acids is 3.